The fourth-order valence-corrected chi connectivity index (χ4v) is 2.98. The van der Waals surface area contributed by atoms with E-state index in [1.165, 1.54) is 18.2 Å². The van der Waals surface area contributed by atoms with Gasteiger partial charge in [-0.05, 0) is 37.7 Å². The van der Waals surface area contributed by atoms with Gasteiger partial charge in [0.05, 0.1) is 5.56 Å². The average molecular weight is 302 g/mol. The van der Waals surface area contributed by atoms with Crippen molar-refractivity contribution in [3.8, 4) is 6.07 Å². The maximum atomic E-state index is 12.1. The second kappa shape index (κ2) is 7.46. The Morgan fingerprint density at radius 1 is 1.37 bits per heavy atom. The molecule has 7 heteroatoms. The summed E-state index contributed by atoms with van der Waals surface area (Å²) >= 11 is 5.77. The third kappa shape index (κ3) is 4.80. The van der Waals surface area contributed by atoms with Gasteiger partial charge in [-0.25, -0.2) is 13.1 Å². The molecule has 0 aliphatic heterocycles. The van der Waals surface area contributed by atoms with E-state index in [1.54, 1.807) is 0 Å². The molecule has 0 atom stereocenters. The van der Waals surface area contributed by atoms with Crippen LogP contribution in [0.2, 0.25) is 5.02 Å². The fraction of sp³-hybridized carbons (Fsp3) is 0.417. The summed E-state index contributed by atoms with van der Waals surface area (Å²) < 4.78 is 26.6. The number of hydrogen-bond donors (Lipinski definition) is 2. The van der Waals surface area contributed by atoms with Crippen LogP contribution in [0.25, 0.3) is 0 Å². The van der Waals surface area contributed by atoms with Crippen LogP contribution in [0.5, 0.6) is 0 Å². The Hall–Kier alpha value is -1.13. The molecule has 1 rings (SSSR count). The van der Waals surface area contributed by atoms with E-state index in [4.69, 9.17) is 16.9 Å². The van der Waals surface area contributed by atoms with Crippen molar-refractivity contribution in [1.82, 2.24) is 10.0 Å². The van der Waals surface area contributed by atoms with Gasteiger partial charge in [0.25, 0.3) is 0 Å². The van der Waals surface area contributed by atoms with Gasteiger partial charge in [0, 0.05) is 11.6 Å². The standard InChI is InChI=1S/C12H16ClN3O2S/c1-2-15-6-3-7-16-19(17,18)12-8-11(13)5-4-10(12)9-14/h4-5,8,15-16H,2-3,6-7H2,1H3. The molecule has 104 valence electrons. The van der Waals surface area contributed by atoms with Crippen LogP contribution in [-0.2, 0) is 10.0 Å². The summed E-state index contributed by atoms with van der Waals surface area (Å²) in [6.45, 7) is 3.88. The van der Waals surface area contributed by atoms with Crippen LogP contribution < -0.4 is 10.0 Å². The first kappa shape index (κ1) is 15.9. The number of hydrogen-bond acceptors (Lipinski definition) is 4. The smallest absolute Gasteiger partial charge is 0.241 e. The highest BCUT2D eigenvalue weighted by Crippen LogP contribution is 2.20. The molecule has 2 N–H and O–H groups in total. The minimum atomic E-state index is -3.70. The summed E-state index contributed by atoms with van der Waals surface area (Å²) in [5.74, 6) is 0. The highest BCUT2D eigenvalue weighted by molar-refractivity contribution is 7.89. The van der Waals surface area contributed by atoms with Gasteiger partial charge in [0.15, 0.2) is 0 Å². The lowest BCUT2D eigenvalue weighted by Crippen LogP contribution is -2.28. The van der Waals surface area contributed by atoms with Gasteiger partial charge in [0.2, 0.25) is 10.0 Å². The summed E-state index contributed by atoms with van der Waals surface area (Å²) in [6, 6.07) is 6.02. The maximum absolute atomic E-state index is 12.1. The lowest BCUT2D eigenvalue weighted by atomic mass is 10.2. The van der Waals surface area contributed by atoms with Crippen LogP contribution >= 0.6 is 11.6 Å². The highest BCUT2D eigenvalue weighted by Gasteiger charge is 2.18. The fourth-order valence-electron chi connectivity index (χ4n) is 1.49. The van der Waals surface area contributed by atoms with Gasteiger partial charge in [-0.2, -0.15) is 5.26 Å². The summed E-state index contributed by atoms with van der Waals surface area (Å²) in [5.41, 5.74) is 0.0867. The average Bonchev–Trinajstić information content (AvgIpc) is 2.38. The van der Waals surface area contributed by atoms with Crippen LogP contribution in [-0.4, -0.2) is 28.1 Å². The largest absolute Gasteiger partial charge is 0.317 e. The first-order chi connectivity index (χ1) is 9.01. The van der Waals surface area contributed by atoms with Crippen LogP contribution in [0.1, 0.15) is 18.9 Å². The Bertz CT molecular complexity index is 567. The quantitative estimate of drug-likeness (QED) is 0.748. The zero-order chi connectivity index (χ0) is 14.3. The first-order valence-electron chi connectivity index (χ1n) is 5.91. The molecule has 0 bridgehead atoms. The van der Waals surface area contributed by atoms with Crippen molar-refractivity contribution >= 4 is 21.6 Å². The molecule has 0 radical (unpaired) electrons. The summed E-state index contributed by atoms with van der Waals surface area (Å²) in [6.07, 6.45) is 0.676. The van der Waals surface area contributed by atoms with E-state index in [-0.39, 0.29) is 15.5 Å². The van der Waals surface area contributed by atoms with E-state index in [9.17, 15) is 8.42 Å². The summed E-state index contributed by atoms with van der Waals surface area (Å²) in [4.78, 5) is -0.0778. The molecule has 0 aliphatic rings. The normalized spacial score (nSPS) is 11.2. The number of nitrogens with one attached hydrogen (secondary N) is 2. The van der Waals surface area contributed by atoms with Gasteiger partial charge in [0.1, 0.15) is 11.0 Å². The molecular formula is C12H16ClN3O2S. The number of nitrogens with zero attached hydrogens (tertiary/aromatic N) is 1. The van der Waals surface area contributed by atoms with Gasteiger partial charge < -0.3 is 5.32 Å². The third-order valence-electron chi connectivity index (χ3n) is 2.43. The van der Waals surface area contributed by atoms with Crippen molar-refractivity contribution < 1.29 is 8.42 Å². The molecule has 0 saturated heterocycles. The van der Waals surface area contributed by atoms with E-state index < -0.39 is 10.0 Å². The van der Waals surface area contributed by atoms with E-state index in [1.807, 2.05) is 13.0 Å². The predicted octanol–water partition coefficient (Wildman–Crippen LogP) is 1.49. The summed E-state index contributed by atoms with van der Waals surface area (Å²) in [7, 11) is -3.70. The Morgan fingerprint density at radius 3 is 2.74 bits per heavy atom. The van der Waals surface area contributed by atoms with Crippen molar-refractivity contribution in [3.05, 3.63) is 28.8 Å². The van der Waals surface area contributed by atoms with Gasteiger partial charge in [-0.1, -0.05) is 18.5 Å². The third-order valence-corrected chi connectivity index (χ3v) is 4.16. The second-order valence-corrected chi connectivity index (χ2v) is 6.03. The molecule has 0 fully saturated rings. The zero-order valence-corrected chi connectivity index (χ0v) is 12.2. The first-order valence-corrected chi connectivity index (χ1v) is 7.77. The van der Waals surface area contributed by atoms with E-state index in [0.29, 0.717) is 13.0 Å². The van der Waals surface area contributed by atoms with E-state index in [0.717, 1.165) is 13.1 Å². The highest BCUT2D eigenvalue weighted by atomic mass is 35.5. The molecule has 0 aromatic heterocycles. The Labute approximate surface area is 118 Å². The number of nitriles is 1. The van der Waals surface area contributed by atoms with Gasteiger partial charge in [-0.15, -0.1) is 0 Å². The van der Waals surface area contributed by atoms with E-state index in [2.05, 4.69) is 10.0 Å². The van der Waals surface area contributed by atoms with Crippen molar-refractivity contribution in [2.45, 2.75) is 18.2 Å². The summed E-state index contributed by atoms with van der Waals surface area (Å²) in [5, 5.41) is 12.3. The SMILES string of the molecule is CCNCCCNS(=O)(=O)c1cc(Cl)ccc1C#N. The number of benzene rings is 1. The van der Waals surface area contributed by atoms with Crippen LogP contribution in [0.15, 0.2) is 23.1 Å². The molecule has 0 heterocycles. The monoisotopic (exact) mass is 301 g/mol. The van der Waals surface area contributed by atoms with E-state index >= 15 is 0 Å². The molecule has 5 nitrogen and oxygen atoms in total. The van der Waals surface area contributed by atoms with Crippen molar-refractivity contribution in [2.24, 2.45) is 0 Å². The maximum Gasteiger partial charge on any atom is 0.241 e. The Morgan fingerprint density at radius 2 is 2.11 bits per heavy atom. The van der Waals surface area contributed by atoms with Crippen LogP contribution in [0.4, 0.5) is 0 Å². The number of sulfonamides is 1. The van der Waals surface area contributed by atoms with Crippen molar-refractivity contribution in [3.63, 3.8) is 0 Å². The Balaban J connectivity index is 2.78. The minimum absolute atomic E-state index is 0.0778. The van der Waals surface area contributed by atoms with Crippen LogP contribution in [0, 0.1) is 11.3 Å². The number of rotatable bonds is 7. The molecule has 0 amide bonds. The van der Waals surface area contributed by atoms with Crippen molar-refractivity contribution in [2.75, 3.05) is 19.6 Å². The molecule has 1 aromatic rings. The van der Waals surface area contributed by atoms with Crippen LogP contribution in [0.3, 0.4) is 0 Å². The molecule has 0 aliphatic carbocycles. The molecule has 19 heavy (non-hydrogen) atoms. The lowest BCUT2D eigenvalue weighted by Gasteiger charge is -2.08. The molecule has 0 unspecified atom stereocenters. The predicted molar refractivity (Wildman–Crippen MR) is 74.5 cm³/mol. The zero-order valence-electron chi connectivity index (χ0n) is 10.6. The Kier molecular flexibility index (Phi) is 6.25. The lowest BCUT2D eigenvalue weighted by molar-refractivity contribution is 0.575. The second-order valence-electron chi connectivity index (χ2n) is 3.86. The van der Waals surface area contributed by atoms with Gasteiger partial charge in [-0.3, -0.25) is 0 Å². The van der Waals surface area contributed by atoms with Crippen molar-refractivity contribution in [1.29, 1.82) is 5.26 Å². The molecule has 1 aromatic carbocycles. The molecular weight excluding hydrogens is 286 g/mol. The topological polar surface area (TPSA) is 82.0 Å². The number of halogens is 1. The molecule has 0 saturated carbocycles. The minimum Gasteiger partial charge on any atom is -0.317 e. The molecule has 0 spiro atoms. The van der Waals surface area contributed by atoms with Gasteiger partial charge >= 0.3 is 0 Å².